The molecule has 1 heterocycles. The quantitative estimate of drug-likeness (QED) is 0.181. The van der Waals surface area contributed by atoms with Crippen LogP contribution in [0, 0.1) is 0 Å². The summed E-state index contributed by atoms with van der Waals surface area (Å²) < 4.78 is 12.7. The molecule has 11 nitrogen and oxygen atoms in total. The van der Waals surface area contributed by atoms with Gasteiger partial charge in [-0.3, -0.25) is 23.5 Å². The highest BCUT2D eigenvalue weighted by atomic mass is 16.5. The molecule has 2 amide bonds. The van der Waals surface area contributed by atoms with Crippen LogP contribution in [0.1, 0.15) is 42.1 Å². The van der Waals surface area contributed by atoms with Crippen LogP contribution in [-0.2, 0) is 34.0 Å². The zero-order chi connectivity index (χ0) is 30.8. The van der Waals surface area contributed by atoms with E-state index in [4.69, 9.17) is 9.47 Å². The van der Waals surface area contributed by atoms with Gasteiger partial charge in [0.25, 0.3) is 5.56 Å². The molecule has 0 aliphatic carbocycles. The van der Waals surface area contributed by atoms with Gasteiger partial charge in [0.1, 0.15) is 12.3 Å². The van der Waals surface area contributed by atoms with Gasteiger partial charge in [-0.15, -0.1) is 0 Å². The second-order valence-corrected chi connectivity index (χ2v) is 9.70. The summed E-state index contributed by atoms with van der Waals surface area (Å²) >= 11 is 0. The minimum Gasteiger partial charge on any atom is -0.496 e. The Kier molecular flexibility index (Phi) is 10.5. The van der Waals surface area contributed by atoms with E-state index >= 15 is 0 Å². The summed E-state index contributed by atoms with van der Waals surface area (Å²) in [6, 6.07) is 20.4. The summed E-state index contributed by atoms with van der Waals surface area (Å²) in [4.78, 5) is 64.5. The summed E-state index contributed by atoms with van der Waals surface area (Å²) in [6.45, 7) is 1.88. The van der Waals surface area contributed by atoms with Crippen molar-refractivity contribution in [2.45, 2.75) is 45.8 Å². The van der Waals surface area contributed by atoms with Crippen molar-refractivity contribution in [3.8, 4) is 5.75 Å². The van der Waals surface area contributed by atoms with Crippen LogP contribution >= 0.6 is 0 Å². The van der Waals surface area contributed by atoms with E-state index in [1.807, 2.05) is 24.3 Å². The second kappa shape index (κ2) is 14.6. The molecule has 0 unspecified atom stereocenters. The Labute approximate surface area is 248 Å². The van der Waals surface area contributed by atoms with Gasteiger partial charge in [-0.2, -0.15) is 0 Å². The molecule has 0 aliphatic rings. The zero-order valence-corrected chi connectivity index (χ0v) is 24.1. The van der Waals surface area contributed by atoms with Crippen molar-refractivity contribution in [2.24, 2.45) is 0 Å². The van der Waals surface area contributed by atoms with Gasteiger partial charge in [0, 0.05) is 25.1 Å². The smallest absolute Gasteiger partial charge is 0.340 e. The summed E-state index contributed by atoms with van der Waals surface area (Å²) in [5.41, 5.74) is 0.504. The lowest BCUT2D eigenvalue weighted by atomic mass is 10.1. The lowest BCUT2D eigenvalue weighted by Gasteiger charge is -2.15. The first-order valence-corrected chi connectivity index (χ1v) is 14.0. The van der Waals surface area contributed by atoms with Crippen LogP contribution in [0.15, 0.2) is 82.4 Å². The number of amides is 2. The van der Waals surface area contributed by atoms with Crippen molar-refractivity contribution in [1.82, 2.24) is 14.5 Å². The highest BCUT2D eigenvalue weighted by Crippen LogP contribution is 2.18. The number of para-hydroxylation sites is 3. The lowest BCUT2D eigenvalue weighted by molar-refractivity contribution is -0.121. The summed E-state index contributed by atoms with van der Waals surface area (Å²) in [5.74, 6) is -0.607. The summed E-state index contributed by atoms with van der Waals surface area (Å²) in [5, 5.41) is 5.83. The van der Waals surface area contributed by atoms with Gasteiger partial charge in [-0.25, -0.2) is 9.59 Å². The lowest BCUT2D eigenvalue weighted by Crippen LogP contribution is -2.41. The number of ether oxygens (including phenoxy) is 2. The maximum absolute atomic E-state index is 13.5. The Bertz CT molecular complexity index is 1740. The number of nitrogens with one attached hydrogen (secondary N) is 2. The van der Waals surface area contributed by atoms with E-state index in [2.05, 4.69) is 10.6 Å². The third-order valence-electron chi connectivity index (χ3n) is 6.83. The largest absolute Gasteiger partial charge is 0.496 e. The fourth-order valence-electron chi connectivity index (χ4n) is 4.72. The van der Waals surface area contributed by atoms with Gasteiger partial charge in [-0.1, -0.05) is 42.5 Å². The van der Waals surface area contributed by atoms with Gasteiger partial charge >= 0.3 is 11.7 Å². The molecule has 0 radical (unpaired) electrons. The SMILES string of the molecule is CCOC(=O)c1ccccc1NC(=O)Cn1c(=O)n(CCCCC(=O)NCc2ccccc2OC)c(=O)c2ccccc21. The van der Waals surface area contributed by atoms with Crippen LogP contribution in [0.5, 0.6) is 5.75 Å². The molecule has 224 valence electrons. The number of carbonyl (C=O) groups is 3. The number of unbranched alkanes of at least 4 members (excludes halogenated alkanes) is 1. The normalized spacial score (nSPS) is 10.7. The molecule has 43 heavy (non-hydrogen) atoms. The molecule has 11 heteroatoms. The highest BCUT2D eigenvalue weighted by molar-refractivity contribution is 6.01. The Morgan fingerprint density at radius 1 is 0.837 bits per heavy atom. The fraction of sp³-hybridized carbons (Fsp3) is 0.281. The molecular formula is C32H34N4O7. The number of aromatic nitrogens is 2. The van der Waals surface area contributed by atoms with Gasteiger partial charge < -0.3 is 20.1 Å². The van der Waals surface area contributed by atoms with Crippen LogP contribution in [0.3, 0.4) is 0 Å². The van der Waals surface area contributed by atoms with Gasteiger partial charge in [0.2, 0.25) is 11.8 Å². The number of nitrogens with zero attached hydrogens (tertiary/aromatic N) is 2. The Morgan fingerprint density at radius 2 is 1.56 bits per heavy atom. The average Bonchev–Trinajstić information content (AvgIpc) is 3.02. The molecule has 1 aromatic heterocycles. The second-order valence-electron chi connectivity index (χ2n) is 9.70. The van der Waals surface area contributed by atoms with Crippen molar-refractivity contribution in [1.29, 1.82) is 0 Å². The number of fused-ring (bicyclic) bond motifs is 1. The van der Waals surface area contributed by atoms with Crippen LogP contribution in [0.2, 0.25) is 0 Å². The van der Waals surface area contributed by atoms with E-state index in [0.29, 0.717) is 30.7 Å². The van der Waals surface area contributed by atoms with Crippen LogP contribution in [-0.4, -0.2) is 40.6 Å². The van der Waals surface area contributed by atoms with Crippen molar-refractivity contribution in [3.05, 3.63) is 105 Å². The topological polar surface area (TPSA) is 138 Å². The van der Waals surface area contributed by atoms with Crippen LogP contribution < -0.4 is 26.6 Å². The Balaban J connectivity index is 1.45. The monoisotopic (exact) mass is 586 g/mol. The number of anilines is 1. The number of carbonyl (C=O) groups excluding carboxylic acids is 3. The molecule has 0 saturated heterocycles. The van der Waals surface area contributed by atoms with Crippen molar-refractivity contribution < 1.29 is 23.9 Å². The predicted molar refractivity (Wildman–Crippen MR) is 162 cm³/mol. The third kappa shape index (κ3) is 7.56. The molecule has 0 bridgehead atoms. The molecule has 4 aromatic rings. The third-order valence-corrected chi connectivity index (χ3v) is 6.83. The first-order valence-electron chi connectivity index (χ1n) is 14.0. The molecular weight excluding hydrogens is 552 g/mol. The molecule has 0 spiro atoms. The first kappa shape index (κ1) is 30.8. The predicted octanol–water partition coefficient (Wildman–Crippen LogP) is 3.47. The highest BCUT2D eigenvalue weighted by Gasteiger charge is 2.18. The molecule has 3 aromatic carbocycles. The number of methoxy groups -OCH3 is 1. The van der Waals surface area contributed by atoms with Crippen molar-refractivity contribution >= 4 is 34.4 Å². The van der Waals surface area contributed by atoms with Gasteiger partial charge in [0.05, 0.1) is 35.9 Å². The number of hydrogen-bond donors (Lipinski definition) is 2. The minimum atomic E-state index is -0.641. The number of esters is 1. The fourth-order valence-corrected chi connectivity index (χ4v) is 4.72. The molecule has 0 atom stereocenters. The van der Waals surface area contributed by atoms with Gasteiger partial charge in [0.15, 0.2) is 0 Å². The number of benzene rings is 3. The van der Waals surface area contributed by atoms with Gasteiger partial charge in [-0.05, 0) is 50.1 Å². The number of hydrogen-bond acceptors (Lipinski definition) is 7. The molecule has 0 saturated carbocycles. The zero-order valence-electron chi connectivity index (χ0n) is 24.1. The Morgan fingerprint density at radius 3 is 2.35 bits per heavy atom. The maximum Gasteiger partial charge on any atom is 0.340 e. The van der Waals surface area contributed by atoms with Crippen LogP contribution in [0.4, 0.5) is 5.69 Å². The first-order chi connectivity index (χ1) is 20.8. The average molecular weight is 587 g/mol. The summed E-state index contributed by atoms with van der Waals surface area (Å²) in [7, 11) is 1.57. The van der Waals surface area contributed by atoms with E-state index in [-0.39, 0.29) is 48.7 Å². The maximum atomic E-state index is 13.5. The molecule has 2 N–H and O–H groups in total. The van der Waals surface area contributed by atoms with Crippen LogP contribution in [0.25, 0.3) is 10.9 Å². The van der Waals surface area contributed by atoms with E-state index in [1.54, 1.807) is 56.5 Å². The standard InChI is InChI=1S/C32H34N4O7/c1-3-43-31(40)23-13-5-7-15-25(23)34-29(38)21-36-26-16-8-6-14-24(26)30(39)35(32(36)41)19-11-10-18-28(37)33-20-22-12-4-9-17-27(22)42-2/h4-9,12-17H,3,10-11,18-21H2,1-2H3,(H,33,37)(H,34,38). The Hall–Kier alpha value is -5.19. The minimum absolute atomic E-state index is 0.0790. The van der Waals surface area contributed by atoms with E-state index < -0.39 is 23.1 Å². The molecule has 0 aliphatic heterocycles. The molecule has 0 fully saturated rings. The van der Waals surface area contributed by atoms with E-state index in [1.165, 1.54) is 10.6 Å². The molecule has 4 rings (SSSR count). The van der Waals surface area contributed by atoms with E-state index in [0.717, 1.165) is 10.1 Å². The number of rotatable bonds is 13. The van der Waals surface area contributed by atoms with Crippen molar-refractivity contribution in [3.63, 3.8) is 0 Å². The van der Waals surface area contributed by atoms with Crippen molar-refractivity contribution in [2.75, 3.05) is 19.0 Å². The van der Waals surface area contributed by atoms with E-state index in [9.17, 15) is 24.0 Å². The summed E-state index contributed by atoms with van der Waals surface area (Å²) in [6.07, 6.45) is 1.06.